The van der Waals surface area contributed by atoms with Gasteiger partial charge < -0.3 is 15.0 Å². The zero-order chi connectivity index (χ0) is 28.6. The number of halogens is 1. The van der Waals surface area contributed by atoms with Gasteiger partial charge in [0.2, 0.25) is 11.8 Å². The van der Waals surface area contributed by atoms with Gasteiger partial charge in [-0.3, -0.25) is 13.9 Å². The standard InChI is InChI=1S/C29H34FN3O5S/c1-5-21(2)31-29(35)22(3)32(19-23-13-9-10-16-25(23)30)28(34)20-33(26-17-11-12-18-27(26)38-4)39(36,37)24-14-7-6-8-15-24/h6-18,21-22H,5,19-20H2,1-4H3,(H,31,35). The van der Waals surface area contributed by atoms with Crippen molar-refractivity contribution in [1.29, 1.82) is 0 Å². The SMILES string of the molecule is CCC(C)NC(=O)C(C)N(Cc1ccccc1F)C(=O)CN(c1ccccc1OC)S(=O)(=O)c1ccccc1. The number of ether oxygens (including phenoxy) is 1. The number of rotatable bonds is 12. The van der Waals surface area contributed by atoms with Crippen molar-refractivity contribution in [1.82, 2.24) is 10.2 Å². The fourth-order valence-corrected chi connectivity index (χ4v) is 5.37. The molecule has 39 heavy (non-hydrogen) atoms. The summed E-state index contributed by atoms with van der Waals surface area (Å²) in [5.41, 5.74) is 0.351. The number of amides is 2. The molecule has 0 aliphatic carbocycles. The molecular formula is C29H34FN3O5S. The lowest BCUT2D eigenvalue weighted by Crippen LogP contribution is -2.52. The van der Waals surface area contributed by atoms with Crippen LogP contribution in [0.3, 0.4) is 0 Å². The van der Waals surface area contributed by atoms with Gasteiger partial charge in [0.25, 0.3) is 10.0 Å². The molecule has 2 amide bonds. The lowest BCUT2D eigenvalue weighted by atomic mass is 10.1. The van der Waals surface area contributed by atoms with Crippen LogP contribution in [-0.2, 0) is 26.2 Å². The molecule has 0 radical (unpaired) electrons. The Labute approximate surface area is 229 Å². The molecule has 3 rings (SSSR count). The predicted octanol–water partition coefficient (Wildman–Crippen LogP) is 4.36. The van der Waals surface area contributed by atoms with Gasteiger partial charge in [0.05, 0.1) is 17.7 Å². The molecule has 10 heteroatoms. The molecule has 0 aliphatic heterocycles. The molecule has 3 aromatic rings. The second-order valence-electron chi connectivity index (χ2n) is 9.10. The first kappa shape index (κ1) is 29.6. The van der Waals surface area contributed by atoms with E-state index in [0.29, 0.717) is 6.42 Å². The molecule has 0 aromatic heterocycles. The van der Waals surface area contributed by atoms with Gasteiger partial charge in [-0.15, -0.1) is 0 Å². The number of hydrogen-bond acceptors (Lipinski definition) is 5. The van der Waals surface area contributed by atoms with Gasteiger partial charge in [-0.2, -0.15) is 0 Å². The zero-order valence-electron chi connectivity index (χ0n) is 22.5. The summed E-state index contributed by atoms with van der Waals surface area (Å²) in [4.78, 5) is 28.1. The first-order valence-corrected chi connectivity index (χ1v) is 14.1. The fraction of sp³-hybridized carbons (Fsp3) is 0.310. The van der Waals surface area contributed by atoms with Gasteiger partial charge in [-0.25, -0.2) is 12.8 Å². The second kappa shape index (κ2) is 13.2. The summed E-state index contributed by atoms with van der Waals surface area (Å²) in [5, 5.41) is 2.85. The lowest BCUT2D eigenvalue weighted by molar-refractivity contribution is -0.139. The number of anilines is 1. The Hall–Kier alpha value is -3.92. The van der Waals surface area contributed by atoms with Crippen molar-refractivity contribution in [3.05, 3.63) is 90.2 Å². The Balaban J connectivity index is 2.06. The second-order valence-corrected chi connectivity index (χ2v) is 11.0. The number of hydrogen-bond donors (Lipinski definition) is 1. The Kier molecular flexibility index (Phi) is 10.1. The highest BCUT2D eigenvalue weighted by Crippen LogP contribution is 2.32. The lowest BCUT2D eigenvalue weighted by Gasteiger charge is -2.32. The fourth-order valence-electron chi connectivity index (χ4n) is 3.93. The third kappa shape index (κ3) is 7.14. The normalized spacial score (nSPS) is 12.7. The molecule has 0 aliphatic rings. The molecule has 208 valence electrons. The number of para-hydroxylation sites is 2. The zero-order valence-corrected chi connectivity index (χ0v) is 23.3. The van der Waals surface area contributed by atoms with Gasteiger partial charge >= 0.3 is 0 Å². The highest BCUT2D eigenvalue weighted by Gasteiger charge is 2.34. The predicted molar refractivity (Wildman–Crippen MR) is 148 cm³/mol. The Morgan fingerprint density at radius 3 is 2.21 bits per heavy atom. The maximum absolute atomic E-state index is 14.6. The topological polar surface area (TPSA) is 96.0 Å². The molecular weight excluding hydrogens is 521 g/mol. The minimum absolute atomic E-state index is 0.0214. The highest BCUT2D eigenvalue weighted by atomic mass is 32.2. The van der Waals surface area contributed by atoms with E-state index in [-0.39, 0.29) is 34.5 Å². The summed E-state index contributed by atoms with van der Waals surface area (Å²) in [6.45, 7) is 4.41. The number of benzene rings is 3. The Morgan fingerprint density at radius 1 is 0.949 bits per heavy atom. The average molecular weight is 556 g/mol. The molecule has 2 unspecified atom stereocenters. The molecule has 0 fully saturated rings. The largest absolute Gasteiger partial charge is 0.495 e. The summed E-state index contributed by atoms with van der Waals surface area (Å²) in [5.74, 6) is -1.41. The van der Waals surface area contributed by atoms with Crippen LogP contribution in [-0.4, -0.2) is 50.9 Å². The minimum Gasteiger partial charge on any atom is -0.495 e. The van der Waals surface area contributed by atoms with E-state index >= 15 is 0 Å². The van der Waals surface area contributed by atoms with Crippen molar-refractivity contribution in [2.45, 2.75) is 50.7 Å². The number of nitrogens with one attached hydrogen (secondary N) is 1. The van der Waals surface area contributed by atoms with Crippen LogP contribution in [0.25, 0.3) is 0 Å². The van der Waals surface area contributed by atoms with Crippen LogP contribution >= 0.6 is 0 Å². The molecule has 0 spiro atoms. The molecule has 1 N–H and O–H groups in total. The highest BCUT2D eigenvalue weighted by molar-refractivity contribution is 7.92. The van der Waals surface area contributed by atoms with Gasteiger partial charge in [-0.05, 0) is 50.6 Å². The Bertz CT molecular complexity index is 1380. The van der Waals surface area contributed by atoms with Crippen LogP contribution in [0.4, 0.5) is 10.1 Å². The van der Waals surface area contributed by atoms with Crippen LogP contribution in [0.2, 0.25) is 0 Å². The van der Waals surface area contributed by atoms with Crippen molar-refractivity contribution < 1.29 is 27.1 Å². The van der Waals surface area contributed by atoms with Gasteiger partial charge in [-0.1, -0.05) is 55.5 Å². The summed E-state index contributed by atoms with van der Waals surface area (Å²) < 4.78 is 48.6. The van der Waals surface area contributed by atoms with E-state index in [1.165, 1.54) is 55.3 Å². The van der Waals surface area contributed by atoms with E-state index in [4.69, 9.17) is 4.74 Å². The van der Waals surface area contributed by atoms with Crippen molar-refractivity contribution in [3.8, 4) is 5.75 Å². The van der Waals surface area contributed by atoms with Gasteiger partial charge in [0.1, 0.15) is 24.2 Å². The van der Waals surface area contributed by atoms with E-state index in [9.17, 15) is 22.4 Å². The number of carbonyl (C=O) groups is 2. The van der Waals surface area contributed by atoms with E-state index in [1.54, 1.807) is 42.5 Å². The quantitative estimate of drug-likeness (QED) is 0.358. The maximum Gasteiger partial charge on any atom is 0.264 e. The van der Waals surface area contributed by atoms with E-state index in [0.717, 1.165) is 4.31 Å². The Morgan fingerprint density at radius 2 is 1.56 bits per heavy atom. The number of methoxy groups -OCH3 is 1. The minimum atomic E-state index is -4.23. The molecule has 0 heterocycles. The van der Waals surface area contributed by atoms with Crippen molar-refractivity contribution in [2.24, 2.45) is 0 Å². The monoisotopic (exact) mass is 555 g/mol. The molecule has 8 nitrogen and oxygen atoms in total. The maximum atomic E-state index is 14.6. The van der Waals surface area contributed by atoms with Crippen molar-refractivity contribution >= 4 is 27.5 Å². The van der Waals surface area contributed by atoms with Crippen molar-refractivity contribution in [3.63, 3.8) is 0 Å². The van der Waals surface area contributed by atoms with Crippen LogP contribution in [0.1, 0.15) is 32.8 Å². The van der Waals surface area contributed by atoms with Crippen LogP contribution < -0.4 is 14.4 Å². The molecule has 2 atom stereocenters. The van der Waals surface area contributed by atoms with Crippen LogP contribution in [0, 0.1) is 5.82 Å². The molecule has 0 bridgehead atoms. The molecule has 0 saturated carbocycles. The first-order valence-electron chi connectivity index (χ1n) is 12.6. The van der Waals surface area contributed by atoms with Gasteiger partial charge in [0, 0.05) is 18.2 Å². The average Bonchev–Trinajstić information content (AvgIpc) is 2.95. The van der Waals surface area contributed by atoms with Crippen LogP contribution in [0.15, 0.2) is 83.8 Å². The van der Waals surface area contributed by atoms with E-state index in [1.807, 2.05) is 13.8 Å². The number of nitrogens with zero attached hydrogens (tertiary/aromatic N) is 2. The van der Waals surface area contributed by atoms with E-state index < -0.39 is 40.2 Å². The summed E-state index contributed by atoms with van der Waals surface area (Å²) in [7, 11) is -2.83. The third-order valence-corrected chi connectivity index (χ3v) is 8.20. The number of carbonyl (C=O) groups excluding carboxylic acids is 2. The summed E-state index contributed by atoms with van der Waals surface area (Å²) in [6.07, 6.45) is 0.677. The van der Waals surface area contributed by atoms with Crippen molar-refractivity contribution in [2.75, 3.05) is 18.0 Å². The third-order valence-electron chi connectivity index (χ3n) is 6.43. The summed E-state index contributed by atoms with van der Waals surface area (Å²) in [6, 6.07) is 19.0. The molecule has 0 saturated heterocycles. The molecule has 3 aromatic carbocycles. The summed E-state index contributed by atoms with van der Waals surface area (Å²) >= 11 is 0. The number of sulfonamides is 1. The first-order chi connectivity index (χ1) is 18.6. The van der Waals surface area contributed by atoms with Gasteiger partial charge in [0.15, 0.2) is 0 Å². The smallest absolute Gasteiger partial charge is 0.264 e. The van der Waals surface area contributed by atoms with Crippen LogP contribution in [0.5, 0.6) is 5.75 Å². The van der Waals surface area contributed by atoms with E-state index in [2.05, 4.69) is 5.32 Å².